The highest BCUT2D eigenvalue weighted by Gasteiger charge is 2.21. The van der Waals surface area contributed by atoms with E-state index in [1.54, 1.807) is 0 Å². The number of rotatable bonds is 5. The Morgan fingerprint density at radius 1 is 1.44 bits per heavy atom. The van der Waals surface area contributed by atoms with Crippen LogP contribution in [0.4, 0.5) is 0 Å². The van der Waals surface area contributed by atoms with Gasteiger partial charge in [0.1, 0.15) is 0 Å². The molecule has 1 aliphatic rings. The molecule has 1 atom stereocenters. The molecule has 16 heavy (non-hydrogen) atoms. The monoisotopic (exact) mass is 238 g/mol. The molecule has 0 saturated carbocycles. The van der Waals surface area contributed by atoms with Crippen molar-refractivity contribution < 1.29 is 0 Å². The lowest BCUT2D eigenvalue weighted by Crippen LogP contribution is -2.45. The zero-order valence-electron chi connectivity index (χ0n) is 10.1. The van der Waals surface area contributed by atoms with Crippen LogP contribution in [0.25, 0.3) is 0 Å². The fourth-order valence-corrected chi connectivity index (χ4v) is 3.12. The summed E-state index contributed by atoms with van der Waals surface area (Å²) >= 11 is 1.82. The van der Waals surface area contributed by atoms with Crippen molar-refractivity contribution in [3.63, 3.8) is 0 Å². The van der Waals surface area contributed by atoms with Crippen LogP contribution in [0.5, 0.6) is 0 Å². The van der Waals surface area contributed by atoms with E-state index in [1.807, 2.05) is 11.3 Å². The van der Waals surface area contributed by atoms with Crippen molar-refractivity contribution in [1.29, 1.82) is 0 Å². The number of piperazine rings is 1. The summed E-state index contributed by atoms with van der Waals surface area (Å²) in [5, 5.41) is 7.96. The van der Waals surface area contributed by atoms with Crippen LogP contribution in [-0.2, 0) is 0 Å². The third-order valence-corrected chi connectivity index (χ3v) is 4.05. The highest BCUT2D eigenvalue weighted by molar-refractivity contribution is 7.07. The van der Waals surface area contributed by atoms with Gasteiger partial charge in [-0.05, 0) is 28.8 Å². The third kappa shape index (κ3) is 3.06. The lowest BCUT2D eigenvalue weighted by molar-refractivity contribution is 0.163. The quantitative estimate of drug-likeness (QED) is 0.848. The topological polar surface area (TPSA) is 15.3 Å². The van der Waals surface area contributed by atoms with Gasteiger partial charge in [-0.2, -0.15) is 11.3 Å². The molecule has 2 rings (SSSR count). The van der Waals surface area contributed by atoms with Gasteiger partial charge in [-0.25, -0.2) is 0 Å². The standard InChI is InChI=1S/C13H22N2S/c1-2-3-4-13(12-5-10-16-11-12)15-8-6-14-7-9-15/h5,10-11,13-14H,2-4,6-9H2,1H3. The van der Waals surface area contributed by atoms with Crippen molar-refractivity contribution in [2.75, 3.05) is 26.2 Å². The number of hydrogen-bond donors (Lipinski definition) is 1. The molecule has 2 nitrogen and oxygen atoms in total. The highest BCUT2D eigenvalue weighted by Crippen LogP contribution is 2.28. The molecule has 0 radical (unpaired) electrons. The first-order valence-electron chi connectivity index (χ1n) is 6.38. The van der Waals surface area contributed by atoms with Gasteiger partial charge in [0.2, 0.25) is 0 Å². The fraction of sp³-hybridized carbons (Fsp3) is 0.692. The summed E-state index contributed by atoms with van der Waals surface area (Å²) in [6.07, 6.45) is 3.95. The number of nitrogens with one attached hydrogen (secondary N) is 1. The number of hydrogen-bond acceptors (Lipinski definition) is 3. The van der Waals surface area contributed by atoms with Crippen molar-refractivity contribution in [1.82, 2.24) is 10.2 Å². The van der Waals surface area contributed by atoms with E-state index in [4.69, 9.17) is 0 Å². The van der Waals surface area contributed by atoms with Gasteiger partial charge in [0.15, 0.2) is 0 Å². The second kappa shape index (κ2) is 6.38. The SMILES string of the molecule is CCCCC(c1ccsc1)N1CCNCC1. The van der Waals surface area contributed by atoms with Gasteiger partial charge in [-0.15, -0.1) is 0 Å². The van der Waals surface area contributed by atoms with Gasteiger partial charge >= 0.3 is 0 Å². The number of thiophene rings is 1. The first kappa shape index (κ1) is 12.1. The molecule has 1 saturated heterocycles. The van der Waals surface area contributed by atoms with Crippen molar-refractivity contribution in [3.05, 3.63) is 22.4 Å². The van der Waals surface area contributed by atoms with E-state index in [0.717, 1.165) is 13.1 Å². The Morgan fingerprint density at radius 2 is 2.25 bits per heavy atom. The molecule has 1 fully saturated rings. The first-order valence-corrected chi connectivity index (χ1v) is 7.33. The van der Waals surface area contributed by atoms with Gasteiger partial charge in [-0.1, -0.05) is 19.8 Å². The minimum atomic E-state index is 0.660. The molecule has 0 aliphatic carbocycles. The lowest BCUT2D eigenvalue weighted by Gasteiger charge is -2.34. The maximum Gasteiger partial charge on any atom is 0.0357 e. The maximum absolute atomic E-state index is 3.43. The lowest BCUT2D eigenvalue weighted by atomic mass is 10.0. The van der Waals surface area contributed by atoms with Crippen LogP contribution in [0, 0.1) is 0 Å². The average Bonchev–Trinajstić information content (AvgIpc) is 2.85. The molecule has 2 heterocycles. The van der Waals surface area contributed by atoms with E-state index in [0.29, 0.717) is 6.04 Å². The summed E-state index contributed by atoms with van der Waals surface area (Å²) in [5.41, 5.74) is 1.53. The van der Waals surface area contributed by atoms with Gasteiger partial charge in [0, 0.05) is 32.2 Å². The molecule has 1 aliphatic heterocycles. The van der Waals surface area contributed by atoms with Crippen LogP contribution in [0.15, 0.2) is 16.8 Å². The molecular weight excluding hydrogens is 216 g/mol. The summed E-state index contributed by atoms with van der Waals surface area (Å²) in [5.74, 6) is 0. The van der Waals surface area contributed by atoms with Crippen molar-refractivity contribution in [3.8, 4) is 0 Å². The van der Waals surface area contributed by atoms with E-state index in [1.165, 1.54) is 37.9 Å². The summed E-state index contributed by atoms with van der Waals surface area (Å²) in [6.45, 7) is 6.97. The van der Waals surface area contributed by atoms with Crippen LogP contribution in [0.3, 0.4) is 0 Å². The Bertz CT molecular complexity index is 278. The Morgan fingerprint density at radius 3 is 2.88 bits per heavy atom. The van der Waals surface area contributed by atoms with Gasteiger partial charge in [0.05, 0.1) is 0 Å². The normalized spacial score (nSPS) is 19.8. The molecule has 1 aromatic rings. The zero-order chi connectivity index (χ0) is 11.2. The number of nitrogens with zero attached hydrogens (tertiary/aromatic N) is 1. The predicted molar refractivity (Wildman–Crippen MR) is 71.0 cm³/mol. The predicted octanol–water partition coefficient (Wildman–Crippen LogP) is 2.88. The van der Waals surface area contributed by atoms with Gasteiger partial charge < -0.3 is 5.32 Å². The molecule has 0 aromatic carbocycles. The van der Waals surface area contributed by atoms with Crippen molar-refractivity contribution in [2.45, 2.75) is 32.2 Å². The van der Waals surface area contributed by atoms with Gasteiger partial charge in [0.25, 0.3) is 0 Å². The second-order valence-electron chi connectivity index (χ2n) is 4.50. The van der Waals surface area contributed by atoms with E-state index in [9.17, 15) is 0 Å². The zero-order valence-corrected chi connectivity index (χ0v) is 10.9. The maximum atomic E-state index is 3.43. The summed E-state index contributed by atoms with van der Waals surface area (Å²) in [7, 11) is 0. The minimum absolute atomic E-state index is 0.660. The van der Waals surface area contributed by atoms with Crippen LogP contribution < -0.4 is 5.32 Å². The molecule has 0 spiro atoms. The minimum Gasteiger partial charge on any atom is -0.314 e. The molecule has 0 bridgehead atoms. The van der Waals surface area contributed by atoms with E-state index in [2.05, 4.69) is 34.0 Å². The Labute approximate surface area is 103 Å². The molecule has 1 N–H and O–H groups in total. The number of unbranched alkanes of at least 4 members (excludes halogenated alkanes) is 1. The Hall–Kier alpha value is -0.380. The van der Waals surface area contributed by atoms with E-state index in [-0.39, 0.29) is 0 Å². The highest BCUT2D eigenvalue weighted by atomic mass is 32.1. The third-order valence-electron chi connectivity index (χ3n) is 3.35. The smallest absolute Gasteiger partial charge is 0.0357 e. The largest absolute Gasteiger partial charge is 0.314 e. The van der Waals surface area contributed by atoms with Crippen LogP contribution in [-0.4, -0.2) is 31.1 Å². The summed E-state index contributed by atoms with van der Waals surface area (Å²) < 4.78 is 0. The molecule has 1 unspecified atom stereocenters. The van der Waals surface area contributed by atoms with Crippen LogP contribution >= 0.6 is 11.3 Å². The van der Waals surface area contributed by atoms with Crippen LogP contribution in [0.1, 0.15) is 37.8 Å². The second-order valence-corrected chi connectivity index (χ2v) is 5.28. The fourth-order valence-electron chi connectivity index (χ4n) is 2.42. The average molecular weight is 238 g/mol. The Balaban J connectivity index is 2.01. The Kier molecular flexibility index (Phi) is 4.82. The van der Waals surface area contributed by atoms with Crippen LogP contribution in [0.2, 0.25) is 0 Å². The van der Waals surface area contributed by atoms with Gasteiger partial charge in [-0.3, -0.25) is 4.90 Å². The summed E-state index contributed by atoms with van der Waals surface area (Å²) in [4.78, 5) is 2.65. The van der Waals surface area contributed by atoms with E-state index >= 15 is 0 Å². The van der Waals surface area contributed by atoms with E-state index < -0.39 is 0 Å². The summed E-state index contributed by atoms with van der Waals surface area (Å²) in [6, 6.07) is 2.96. The molecule has 90 valence electrons. The molecule has 0 amide bonds. The van der Waals surface area contributed by atoms with Crippen molar-refractivity contribution in [2.24, 2.45) is 0 Å². The first-order chi connectivity index (χ1) is 7.92. The molecule has 1 aromatic heterocycles. The van der Waals surface area contributed by atoms with Crippen molar-refractivity contribution >= 4 is 11.3 Å². The molecule has 3 heteroatoms. The molecular formula is C13H22N2S.